The van der Waals surface area contributed by atoms with E-state index >= 15 is 0 Å². The SMILES string of the molecule is Cc1nn(-c2ccc(Cl)cc2)c(C)c1C[NH2+]CCO. The first-order chi connectivity index (χ1) is 9.13. The number of benzene rings is 1. The van der Waals surface area contributed by atoms with Gasteiger partial charge in [-0.1, -0.05) is 11.6 Å². The second kappa shape index (κ2) is 6.19. The van der Waals surface area contributed by atoms with Crippen LogP contribution in [0.5, 0.6) is 0 Å². The van der Waals surface area contributed by atoms with Crippen molar-refractivity contribution in [2.75, 3.05) is 13.2 Å². The first kappa shape index (κ1) is 14.1. The lowest BCUT2D eigenvalue weighted by Gasteiger charge is -2.05. The number of aliphatic hydroxyl groups excluding tert-OH is 1. The van der Waals surface area contributed by atoms with Gasteiger partial charge in [0.05, 0.1) is 35.8 Å². The predicted octanol–water partition coefficient (Wildman–Crippen LogP) is 1.20. The molecule has 0 aliphatic rings. The Balaban J connectivity index is 2.27. The zero-order chi connectivity index (χ0) is 13.8. The van der Waals surface area contributed by atoms with Gasteiger partial charge in [0, 0.05) is 5.02 Å². The number of hydrogen-bond donors (Lipinski definition) is 2. The standard InChI is InChI=1S/C14H18ClN3O/c1-10-14(9-16-7-8-19)11(2)18(17-10)13-5-3-12(15)4-6-13/h3-6,16,19H,7-9H2,1-2H3/p+1. The molecule has 1 heterocycles. The molecule has 0 radical (unpaired) electrons. The van der Waals surface area contributed by atoms with Crippen LogP contribution < -0.4 is 5.32 Å². The van der Waals surface area contributed by atoms with Crippen LogP contribution in [-0.4, -0.2) is 28.0 Å². The number of aliphatic hydroxyl groups is 1. The molecule has 1 aromatic heterocycles. The first-order valence-electron chi connectivity index (χ1n) is 6.37. The largest absolute Gasteiger partial charge is 0.391 e. The summed E-state index contributed by atoms with van der Waals surface area (Å²) < 4.78 is 1.94. The van der Waals surface area contributed by atoms with E-state index in [-0.39, 0.29) is 6.61 Å². The fourth-order valence-corrected chi connectivity index (χ4v) is 2.27. The second-order valence-corrected chi connectivity index (χ2v) is 4.98. The molecule has 3 N–H and O–H groups in total. The van der Waals surface area contributed by atoms with Crippen LogP contribution in [0.1, 0.15) is 17.0 Å². The molecule has 0 atom stereocenters. The Morgan fingerprint density at radius 3 is 2.58 bits per heavy atom. The molecule has 5 heteroatoms. The van der Waals surface area contributed by atoms with Crippen molar-refractivity contribution in [1.82, 2.24) is 9.78 Å². The Labute approximate surface area is 118 Å². The summed E-state index contributed by atoms with van der Waals surface area (Å²) in [5.74, 6) is 0. The minimum Gasteiger partial charge on any atom is -0.391 e. The summed E-state index contributed by atoms with van der Waals surface area (Å²) in [5.41, 5.74) is 4.40. The molecular formula is C14H19ClN3O+. The molecule has 2 rings (SSSR count). The van der Waals surface area contributed by atoms with Crippen LogP contribution in [0.2, 0.25) is 5.02 Å². The number of hydrogen-bond acceptors (Lipinski definition) is 2. The van der Waals surface area contributed by atoms with Crippen LogP contribution in [0.15, 0.2) is 24.3 Å². The monoisotopic (exact) mass is 280 g/mol. The fraction of sp³-hybridized carbons (Fsp3) is 0.357. The molecule has 4 nitrogen and oxygen atoms in total. The molecule has 19 heavy (non-hydrogen) atoms. The van der Waals surface area contributed by atoms with Crippen LogP contribution in [0.3, 0.4) is 0 Å². The average Bonchev–Trinajstić information content (AvgIpc) is 2.68. The normalized spacial score (nSPS) is 10.9. The van der Waals surface area contributed by atoms with E-state index in [1.807, 2.05) is 35.9 Å². The van der Waals surface area contributed by atoms with Crippen molar-refractivity contribution in [2.24, 2.45) is 0 Å². The lowest BCUT2D eigenvalue weighted by Crippen LogP contribution is -2.83. The summed E-state index contributed by atoms with van der Waals surface area (Å²) in [4.78, 5) is 0. The third-order valence-electron chi connectivity index (χ3n) is 3.19. The van der Waals surface area contributed by atoms with Crippen LogP contribution in [0.4, 0.5) is 0 Å². The Kier molecular flexibility index (Phi) is 4.58. The van der Waals surface area contributed by atoms with Gasteiger partial charge in [0.2, 0.25) is 0 Å². The quantitative estimate of drug-likeness (QED) is 0.809. The van der Waals surface area contributed by atoms with Gasteiger partial charge in [-0.05, 0) is 38.1 Å². The van der Waals surface area contributed by atoms with E-state index in [0.29, 0.717) is 6.54 Å². The molecule has 0 saturated heterocycles. The highest BCUT2D eigenvalue weighted by Gasteiger charge is 2.13. The van der Waals surface area contributed by atoms with Gasteiger partial charge in [-0.3, -0.25) is 0 Å². The molecule has 0 spiro atoms. The van der Waals surface area contributed by atoms with Crippen LogP contribution in [0.25, 0.3) is 5.69 Å². The number of aryl methyl sites for hydroxylation is 1. The van der Waals surface area contributed by atoms with Gasteiger partial charge < -0.3 is 10.4 Å². The molecule has 0 aliphatic carbocycles. The van der Waals surface area contributed by atoms with Crippen LogP contribution in [0, 0.1) is 13.8 Å². The Bertz CT molecular complexity index is 549. The summed E-state index contributed by atoms with van der Waals surface area (Å²) in [6.07, 6.45) is 0. The number of rotatable bonds is 5. The molecular weight excluding hydrogens is 262 g/mol. The summed E-state index contributed by atoms with van der Waals surface area (Å²) in [7, 11) is 0. The van der Waals surface area contributed by atoms with Gasteiger partial charge in [0.15, 0.2) is 0 Å². The maximum Gasteiger partial charge on any atom is 0.105 e. The van der Waals surface area contributed by atoms with Gasteiger partial charge >= 0.3 is 0 Å². The number of nitrogens with zero attached hydrogens (tertiary/aromatic N) is 2. The maximum absolute atomic E-state index is 8.83. The highest BCUT2D eigenvalue weighted by Crippen LogP contribution is 2.18. The number of nitrogens with two attached hydrogens (primary N) is 1. The Hall–Kier alpha value is -1.36. The molecule has 1 aromatic carbocycles. The molecule has 0 fully saturated rings. The first-order valence-corrected chi connectivity index (χ1v) is 6.75. The predicted molar refractivity (Wildman–Crippen MR) is 75.6 cm³/mol. The third-order valence-corrected chi connectivity index (χ3v) is 3.45. The Morgan fingerprint density at radius 1 is 1.26 bits per heavy atom. The van der Waals surface area contributed by atoms with Crippen LogP contribution in [-0.2, 0) is 6.54 Å². The smallest absolute Gasteiger partial charge is 0.105 e. The molecule has 0 bridgehead atoms. The molecule has 0 saturated carbocycles. The maximum atomic E-state index is 8.83. The second-order valence-electron chi connectivity index (χ2n) is 4.54. The summed E-state index contributed by atoms with van der Waals surface area (Å²) in [6, 6.07) is 7.65. The molecule has 0 unspecified atom stereocenters. The summed E-state index contributed by atoms with van der Waals surface area (Å²) in [5, 5.41) is 16.2. The minimum absolute atomic E-state index is 0.198. The molecule has 2 aromatic rings. The number of quaternary nitrogens is 1. The van der Waals surface area contributed by atoms with E-state index in [9.17, 15) is 0 Å². The topological polar surface area (TPSA) is 54.7 Å². The zero-order valence-electron chi connectivity index (χ0n) is 11.2. The van der Waals surface area contributed by atoms with Crippen molar-refractivity contribution in [3.05, 3.63) is 46.2 Å². The van der Waals surface area contributed by atoms with Crippen molar-refractivity contribution < 1.29 is 10.4 Å². The van der Waals surface area contributed by atoms with E-state index in [0.717, 1.165) is 28.6 Å². The van der Waals surface area contributed by atoms with Gasteiger partial charge in [0.1, 0.15) is 6.54 Å². The van der Waals surface area contributed by atoms with Gasteiger partial charge in [-0.25, -0.2) is 4.68 Å². The zero-order valence-corrected chi connectivity index (χ0v) is 12.0. The van der Waals surface area contributed by atoms with E-state index < -0.39 is 0 Å². The number of aromatic nitrogens is 2. The van der Waals surface area contributed by atoms with Crippen LogP contribution >= 0.6 is 11.6 Å². The average molecular weight is 281 g/mol. The van der Waals surface area contributed by atoms with E-state index in [4.69, 9.17) is 16.7 Å². The summed E-state index contributed by atoms with van der Waals surface area (Å²) in [6.45, 7) is 5.83. The lowest BCUT2D eigenvalue weighted by atomic mass is 10.2. The van der Waals surface area contributed by atoms with Crippen molar-refractivity contribution >= 4 is 11.6 Å². The van der Waals surface area contributed by atoms with Crippen molar-refractivity contribution in [3.8, 4) is 5.69 Å². The highest BCUT2D eigenvalue weighted by atomic mass is 35.5. The van der Waals surface area contributed by atoms with Crippen molar-refractivity contribution in [1.29, 1.82) is 0 Å². The van der Waals surface area contributed by atoms with Crippen molar-refractivity contribution in [2.45, 2.75) is 20.4 Å². The van der Waals surface area contributed by atoms with Gasteiger partial charge in [-0.15, -0.1) is 0 Å². The van der Waals surface area contributed by atoms with Crippen molar-refractivity contribution in [3.63, 3.8) is 0 Å². The molecule has 0 amide bonds. The third kappa shape index (κ3) is 3.15. The highest BCUT2D eigenvalue weighted by molar-refractivity contribution is 6.30. The van der Waals surface area contributed by atoms with E-state index in [1.165, 1.54) is 5.56 Å². The minimum atomic E-state index is 0.198. The van der Waals surface area contributed by atoms with Gasteiger partial charge in [-0.2, -0.15) is 5.10 Å². The molecule has 0 aliphatic heterocycles. The number of halogens is 1. The van der Waals surface area contributed by atoms with E-state index in [2.05, 4.69) is 17.3 Å². The molecule has 102 valence electrons. The lowest BCUT2D eigenvalue weighted by molar-refractivity contribution is -0.671. The van der Waals surface area contributed by atoms with Gasteiger partial charge in [0.25, 0.3) is 0 Å². The summed E-state index contributed by atoms with van der Waals surface area (Å²) >= 11 is 5.90. The Morgan fingerprint density at radius 2 is 1.95 bits per heavy atom. The fourth-order valence-electron chi connectivity index (χ4n) is 2.14. The van der Waals surface area contributed by atoms with E-state index in [1.54, 1.807) is 0 Å².